The summed E-state index contributed by atoms with van der Waals surface area (Å²) in [7, 11) is 1.33. The van der Waals surface area contributed by atoms with Crippen molar-refractivity contribution in [2.45, 2.75) is 32.2 Å². The van der Waals surface area contributed by atoms with Gasteiger partial charge in [0, 0.05) is 12.5 Å². The second kappa shape index (κ2) is 10.4. The lowest BCUT2D eigenvalue weighted by Crippen LogP contribution is -2.50. The number of benzene rings is 2. The maximum atomic E-state index is 12.4. The Morgan fingerprint density at radius 1 is 0.963 bits per heavy atom. The van der Waals surface area contributed by atoms with E-state index in [0.717, 1.165) is 17.5 Å². The van der Waals surface area contributed by atoms with Gasteiger partial charge in [-0.3, -0.25) is 0 Å². The molecule has 0 fully saturated rings. The van der Waals surface area contributed by atoms with Crippen LogP contribution in [-0.2, 0) is 9.53 Å². The Morgan fingerprint density at radius 2 is 1.48 bits per heavy atom. The fourth-order valence-electron chi connectivity index (χ4n) is 2.98. The first-order valence-corrected chi connectivity index (χ1v) is 9.28. The Labute approximate surface area is 161 Å². The summed E-state index contributed by atoms with van der Waals surface area (Å²) in [5, 5.41) is 5.66. The zero-order valence-corrected chi connectivity index (χ0v) is 16.1. The van der Waals surface area contributed by atoms with Gasteiger partial charge < -0.3 is 15.4 Å². The third-order valence-electron chi connectivity index (χ3n) is 4.83. The van der Waals surface area contributed by atoms with E-state index in [0.29, 0.717) is 6.54 Å². The molecule has 0 saturated heterocycles. The molecule has 2 atom stereocenters. The molecule has 5 nitrogen and oxygen atoms in total. The van der Waals surface area contributed by atoms with E-state index in [-0.39, 0.29) is 17.9 Å². The number of urea groups is 1. The van der Waals surface area contributed by atoms with E-state index in [1.165, 1.54) is 7.11 Å². The predicted octanol–water partition coefficient (Wildman–Crippen LogP) is 3.71. The number of ether oxygens (including phenoxy) is 1. The molecule has 0 spiro atoms. The first kappa shape index (κ1) is 20.5. The molecule has 0 aromatic heterocycles. The molecule has 0 radical (unpaired) electrons. The highest BCUT2D eigenvalue weighted by molar-refractivity contribution is 5.83. The molecular weight excluding hydrogens is 340 g/mol. The van der Waals surface area contributed by atoms with Gasteiger partial charge in [0.05, 0.1) is 7.11 Å². The lowest BCUT2D eigenvalue weighted by atomic mass is 9.91. The highest BCUT2D eigenvalue weighted by Crippen LogP contribution is 2.23. The first-order valence-electron chi connectivity index (χ1n) is 9.28. The van der Waals surface area contributed by atoms with Gasteiger partial charge in [-0.05, 0) is 17.0 Å². The van der Waals surface area contributed by atoms with Crippen LogP contribution in [0.5, 0.6) is 0 Å². The Kier molecular flexibility index (Phi) is 7.86. The Bertz CT molecular complexity index is 679. The Morgan fingerprint density at radius 3 is 1.93 bits per heavy atom. The summed E-state index contributed by atoms with van der Waals surface area (Å²) in [5.74, 6) is -0.414. The van der Waals surface area contributed by atoms with E-state index in [2.05, 4.69) is 10.6 Å². The molecule has 2 aromatic carbocycles. The van der Waals surface area contributed by atoms with Gasteiger partial charge in [-0.1, -0.05) is 80.9 Å². The molecule has 0 heterocycles. The molecule has 2 aromatic rings. The fraction of sp³-hybridized carbons (Fsp3) is 0.364. The SMILES string of the molecule is CCC(C)C(NC(=O)NCC(c1ccccc1)c1ccccc1)C(=O)OC. The van der Waals surface area contributed by atoms with Gasteiger partial charge in [0.2, 0.25) is 0 Å². The molecule has 0 saturated carbocycles. The molecule has 27 heavy (non-hydrogen) atoms. The van der Waals surface area contributed by atoms with Gasteiger partial charge in [-0.25, -0.2) is 9.59 Å². The number of methoxy groups -OCH3 is 1. The van der Waals surface area contributed by atoms with Crippen molar-refractivity contribution in [3.8, 4) is 0 Å². The number of esters is 1. The van der Waals surface area contributed by atoms with Gasteiger partial charge in [0.15, 0.2) is 0 Å². The smallest absolute Gasteiger partial charge is 0.328 e. The normalized spacial score (nSPS) is 12.9. The number of amides is 2. The van der Waals surface area contributed by atoms with Crippen molar-refractivity contribution in [3.05, 3.63) is 71.8 Å². The number of carbonyl (C=O) groups excluding carboxylic acids is 2. The van der Waals surface area contributed by atoms with Crippen LogP contribution in [-0.4, -0.2) is 31.7 Å². The summed E-state index contributed by atoms with van der Waals surface area (Å²) in [4.78, 5) is 24.4. The molecule has 0 aliphatic carbocycles. The fourth-order valence-corrected chi connectivity index (χ4v) is 2.98. The molecule has 0 aliphatic heterocycles. The van der Waals surface area contributed by atoms with Crippen LogP contribution in [0.3, 0.4) is 0 Å². The highest BCUT2D eigenvalue weighted by atomic mass is 16.5. The van der Waals surface area contributed by atoms with Crippen LogP contribution >= 0.6 is 0 Å². The summed E-state index contributed by atoms with van der Waals surface area (Å²) in [6, 6.07) is 19.1. The summed E-state index contributed by atoms with van der Waals surface area (Å²) < 4.78 is 4.82. The molecule has 144 valence electrons. The molecule has 2 rings (SSSR count). The minimum Gasteiger partial charge on any atom is -0.467 e. The predicted molar refractivity (Wildman–Crippen MR) is 107 cm³/mol. The standard InChI is InChI=1S/C22H28N2O3/c1-4-16(2)20(21(25)27-3)24-22(26)23-15-19(17-11-7-5-8-12-17)18-13-9-6-10-14-18/h5-14,16,19-20H,4,15H2,1-3H3,(H2,23,24,26). The molecule has 2 unspecified atom stereocenters. The maximum absolute atomic E-state index is 12.4. The van der Waals surface area contributed by atoms with Crippen molar-refractivity contribution >= 4 is 12.0 Å². The van der Waals surface area contributed by atoms with Crippen LogP contribution in [0.2, 0.25) is 0 Å². The number of nitrogens with one attached hydrogen (secondary N) is 2. The molecule has 2 amide bonds. The average Bonchev–Trinajstić information content (AvgIpc) is 2.72. The zero-order chi connectivity index (χ0) is 19.6. The maximum Gasteiger partial charge on any atom is 0.328 e. The number of carbonyl (C=O) groups is 2. The third kappa shape index (κ3) is 5.84. The van der Waals surface area contributed by atoms with E-state index in [1.54, 1.807) is 0 Å². The Balaban J connectivity index is 2.08. The lowest BCUT2D eigenvalue weighted by Gasteiger charge is -2.23. The van der Waals surface area contributed by atoms with E-state index in [9.17, 15) is 9.59 Å². The number of hydrogen-bond acceptors (Lipinski definition) is 3. The topological polar surface area (TPSA) is 67.4 Å². The van der Waals surface area contributed by atoms with Gasteiger partial charge in [-0.2, -0.15) is 0 Å². The quantitative estimate of drug-likeness (QED) is 0.698. The minimum absolute atomic E-state index is 0.0118. The summed E-state index contributed by atoms with van der Waals surface area (Å²) in [6.07, 6.45) is 0.761. The van der Waals surface area contributed by atoms with E-state index in [4.69, 9.17) is 4.74 Å². The van der Waals surface area contributed by atoms with Crippen LogP contribution in [0.15, 0.2) is 60.7 Å². The average molecular weight is 368 g/mol. The van der Waals surface area contributed by atoms with Crippen molar-refractivity contribution in [3.63, 3.8) is 0 Å². The molecule has 0 bridgehead atoms. The van der Waals surface area contributed by atoms with E-state index < -0.39 is 12.0 Å². The van der Waals surface area contributed by atoms with Crippen LogP contribution < -0.4 is 10.6 Å². The molecule has 5 heteroatoms. The highest BCUT2D eigenvalue weighted by Gasteiger charge is 2.27. The summed E-state index contributed by atoms with van der Waals surface area (Å²) in [6.45, 7) is 4.31. The van der Waals surface area contributed by atoms with E-state index >= 15 is 0 Å². The minimum atomic E-state index is -0.660. The third-order valence-corrected chi connectivity index (χ3v) is 4.83. The van der Waals surface area contributed by atoms with Crippen LogP contribution in [0.4, 0.5) is 4.79 Å². The van der Waals surface area contributed by atoms with Crippen LogP contribution in [0.1, 0.15) is 37.3 Å². The monoisotopic (exact) mass is 368 g/mol. The first-order chi connectivity index (χ1) is 13.1. The summed E-state index contributed by atoms with van der Waals surface area (Å²) in [5.41, 5.74) is 2.24. The van der Waals surface area contributed by atoms with Crippen LogP contribution in [0, 0.1) is 5.92 Å². The van der Waals surface area contributed by atoms with Gasteiger partial charge >= 0.3 is 12.0 Å². The van der Waals surface area contributed by atoms with Crippen molar-refractivity contribution in [1.29, 1.82) is 0 Å². The van der Waals surface area contributed by atoms with Crippen molar-refractivity contribution in [2.24, 2.45) is 5.92 Å². The molecular formula is C22H28N2O3. The number of hydrogen-bond donors (Lipinski definition) is 2. The largest absolute Gasteiger partial charge is 0.467 e. The lowest BCUT2D eigenvalue weighted by molar-refractivity contribution is -0.144. The van der Waals surface area contributed by atoms with Crippen molar-refractivity contribution in [2.75, 3.05) is 13.7 Å². The zero-order valence-electron chi connectivity index (χ0n) is 16.1. The van der Waals surface area contributed by atoms with Crippen molar-refractivity contribution in [1.82, 2.24) is 10.6 Å². The second-order valence-electron chi connectivity index (χ2n) is 6.61. The van der Waals surface area contributed by atoms with Gasteiger partial charge in [0.1, 0.15) is 6.04 Å². The number of rotatable bonds is 8. The van der Waals surface area contributed by atoms with Crippen LogP contribution in [0.25, 0.3) is 0 Å². The molecule has 2 N–H and O–H groups in total. The van der Waals surface area contributed by atoms with Gasteiger partial charge in [-0.15, -0.1) is 0 Å². The van der Waals surface area contributed by atoms with E-state index in [1.807, 2.05) is 74.5 Å². The van der Waals surface area contributed by atoms with Crippen molar-refractivity contribution < 1.29 is 14.3 Å². The second-order valence-corrected chi connectivity index (χ2v) is 6.61. The molecule has 0 aliphatic rings. The summed E-state index contributed by atoms with van der Waals surface area (Å²) >= 11 is 0. The van der Waals surface area contributed by atoms with Gasteiger partial charge in [0.25, 0.3) is 0 Å². The Hall–Kier alpha value is -2.82.